The maximum atomic E-state index is 12.6. The molecule has 3 nitrogen and oxygen atoms in total. The van der Waals surface area contributed by atoms with Gasteiger partial charge in [-0.25, -0.2) is 9.40 Å². The number of hydrogen-bond acceptors (Lipinski definition) is 3. The number of hydrazine groups is 1. The molecule has 0 heterocycles. The lowest BCUT2D eigenvalue weighted by Gasteiger charge is -2.14. The van der Waals surface area contributed by atoms with Crippen molar-refractivity contribution in [2.45, 2.75) is 0 Å². The first-order valence-corrected chi connectivity index (χ1v) is 3.58. The smallest absolute Gasteiger partial charge is 0.125 e. The van der Waals surface area contributed by atoms with Crippen LogP contribution in [0.2, 0.25) is 0 Å². The third-order valence-corrected chi connectivity index (χ3v) is 1.36. The van der Waals surface area contributed by atoms with E-state index in [0.29, 0.717) is 11.4 Å². The van der Waals surface area contributed by atoms with Crippen LogP contribution in [0.3, 0.4) is 0 Å². The highest BCUT2D eigenvalue weighted by molar-refractivity contribution is 5.65. The number of benzene rings is 1. The first kappa shape index (κ1) is 8.80. The Balaban J connectivity index is 2.86. The molecule has 0 saturated carbocycles. The SMILES string of the molecule is CN(C)Nc1ccc(F)cc1N. The van der Waals surface area contributed by atoms with Crippen molar-refractivity contribution in [2.24, 2.45) is 0 Å². The van der Waals surface area contributed by atoms with Gasteiger partial charge in [0.1, 0.15) is 5.82 Å². The summed E-state index contributed by atoms with van der Waals surface area (Å²) in [4.78, 5) is 0. The van der Waals surface area contributed by atoms with Crippen LogP contribution in [0.25, 0.3) is 0 Å². The molecule has 0 aromatic heterocycles. The van der Waals surface area contributed by atoms with E-state index in [1.807, 2.05) is 14.1 Å². The van der Waals surface area contributed by atoms with E-state index in [4.69, 9.17) is 5.73 Å². The zero-order valence-electron chi connectivity index (χ0n) is 7.13. The van der Waals surface area contributed by atoms with E-state index in [0.717, 1.165) is 0 Å². The van der Waals surface area contributed by atoms with Crippen molar-refractivity contribution in [3.8, 4) is 0 Å². The minimum absolute atomic E-state index is 0.322. The van der Waals surface area contributed by atoms with Gasteiger partial charge in [0, 0.05) is 14.1 Å². The maximum absolute atomic E-state index is 12.6. The van der Waals surface area contributed by atoms with Crippen molar-refractivity contribution < 1.29 is 4.39 Å². The van der Waals surface area contributed by atoms with E-state index in [-0.39, 0.29) is 5.82 Å². The average Bonchev–Trinajstić information content (AvgIpc) is 1.94. The number of anilines is 2. The minimum Gasteiger partial charge on any atom is -0.397 e. The maximum Gasteiger partial charge on any atom is 0.125 e. The normalized spacial score (nSPS) is 10.3. The van der Waals surface area contributed by atoms with Crippen molar-refractivity contribution in [1.29, 1.82) is 0 Å². The van der Waals surface area contributed by atoms with E-state index < -0.39 is 0 Å². The van der Waals surface area contributed by atoms with Crippen LogP contribution in [0.15, 0.2) is 18.2 Å². The van der Waals surface area contributed by atoms with Crippen LogP contribution in [0.5, 0.6) is 0 Å². The van der Waals surface area contributed by atoms with Gasteiger partial charge in [-0.1, -0.05) is 0 Å². The van der Waals surface area contributed by atoms with Crippen molar-refractivity contribution in [1.82, 2.24) is 5.01 Å². The number of halogens is 1. The molecule has 0 fully saturated rings. The fraction of sp³-hybridized carbons (Fsp3) is 0.250. The Morgan fingerprint density at radius 3 is 2.58 bits per heavy atom. The molecule has 0 saturated heterocycles. The Labute approximate surface area is 70.9 Å². The lowest BCUT2D eigenvalue weighted by Crippen LogP contribution is -2.20. The predicted octanol–water partition coefficient (Wildman–Crippen LogP) is 1.30. The monoisotopic (exact) mass is 169 g/mol. The number of nitrogens with two attached hydrogens (primary N) is 1. The van der Waals surface area contributed by atoms with Crippen LogP contribution in [0, 0.1) is 5.82 Å². The van der Waals surface area contributed by atoms with Crippen molar-refractivity contribution in [3.05, 3.63) is 24.0 Å². The summed E-state index contributed by atoms with van der Waals surface area (Å²) in [6, 6.07) is 4.25. The van der Waals surface area contributed by atoms with E-state index in [9.17, 15) is 4.39 Å². The van der Waals surface area contributed by atoms with Crippen LogP contribution in [-0.2, 0) is 0 Å². The molecule has 0 aliphatic carbocycles. The van der Waals surface area contributed by atoms with E-state index in [2.05, 4.69) is 5.43 Å². The molecule has 1 aromatic carbocycles. The molecule has 0 spiro atoms. The second-order valence-electron chi connectivity index (χ2n) is 2.74. The van der Waals surface area contributed by atoms with Gasteiger partial charge in [0.05, 0.1) is 11.4 Å². The number of rotatable bonds is 2. The lowest BCUT2D eigenvalue weighted by molar-refractivity contribution is 0.495. The molecular weight excluding hydrogens is 157 g/mol. The van der Waals surface area contributed by atoms with E-state index >= 15 is 0 Å². The summed E-state index contributed by atoms with van der Waals surface area (Å²) < 4.78 is 12.6. The third kappa shape index (κ3) is 2.10. The van der Waals surface area contributed by atoms with E-state index in [1.165, 1.54) is 12.1 Å². The van der Waals surface area contributed by atoms with Gasteiger partial charge in [-0.05, 0) is 18.2 Å². The first-order valence-electron chi connectivity index (χ1n) is 3.58. The summed E-state index contributed by atoms with van der Waals surface area (Å²) in [6.07, 6.45) is 0. The Morgan fingerprint density at radius 2 is 2.08 bits per heavy atom. The number of nitrogen functional groups attached to an aromatic ring is 1. The van der Waals surface area contributed by atoms with Crippen LogP contribution in [0.1, 0.15) is 0 Å². The molecule has 0 bridgehead atoms. The van der Waals surface area contributed by atoms with Crippen molar-refractivity contribution >= 4 is 11.4 Å². The fourth-order valence-electron chi connectivity index (χ4n) is 0.876. The topological polar surface area (TPSA) is 41.3 Å². The minimum atomic E-state index is -0.322. The Morgan fingerprint density at radius 1 is 1.42 bits per heavy atom. The molecule has 66 valence electrons. The zero-order valence-corrected chi connectivity index (χ0v) is 7.13. The summed E-state index contributed by atoms with van der Waals surface area (Å²) in [6.45, 7) is 0. The molecule has 1 aromatic rings. The zero-order chi connectivity index (χ0) is 9.14. The summed E-state index contributed by atoms with van der Waals surface area (Å²) in [5, 5.41) is 1.74. The van der Waals surface area contributed by atoms with Crippen LogP contribution >= 0.6 is 0 Å². The quantitative estimate of drug-likeness (QED) is 0.518. The molecule has 12 heavy (non-hydrogen) atoms. The van der Waals surface area contributed by atoms with Crippen LogP contribution in [-0.4, -0.2) is 19.1 Å². The lowest BCUT2D eigenvalue weighted by atomic mass is 10.3. The molecule has 0 aliphatic rings. The highest BCUT2D eigenvalue weighted by Crippen LogP contribution is 2.18. The van der Waals surface area contributed by atoms with Gasteiger partial charge in [-0.2, -0.15) is 0 Å². The molecule has 0 unspecified atom stereocenters. The first-order chi connectivity index (χ1) is 5.59. The summed E-state index contributed by atoms with van der Waals surface area (Å²) in [5.41, 5.74) is 9.60. The van der Waals surface area contributed by atoms with Crippen molar-refractivity contribution in [2.75, 3.05) is 25.3 Å². The largest absolute Gasteiger partial charge is 0.397 e. The van der Waals surface area contributed by atoms with Gasteiger partial charge in [-0.15, -0.1) is 0 Å². The standard InChI is InChI=1S/C8H12FN3/c1-12(2)11-8-4-3-6(9)5-7(8)10/h3-5,11H,10H2,1-2H3. The highest BCUT2D eigenvalue weighted by atomic mass is 19.1. The highest BCUT2D eigenvalue weighted by Gasteiger charge is 1.99. The van der Waals surface area contributed by atoms with Gasteiger partial charge in [0.15, 0.2) is 0 Å². The Bertz CT molecular complexity index is 273. The number of hydrogen-bond donors (Lipinski definition) is 2. The Kier molecular flexibility index (Phi) is 2.50. The van der Waals surface area contributed by atoms with Gasteiger partial charge < -0.3 is 11.2 Å². The predicted molar refractivity (Wildman–Crippen MR) is 48.1 cm³/mol. The van der Waals surface area contributed by atoms with Gasteiger partial charge >= 0.3 is 0 Å². The van der Waals surface area contributed by atoms with E-state index in [1.54, 1.807) is 11.1 Å². The molecule has 3 N–H and O–H groups in total. The second kappa shape index (κ2) is 3.40. The Hall–Kier alpha value is -1.29. The third-order valence-electron chi connectivity index (χ3n) is 1.36. The molecule has 4 heteroatoms. The van der Waals surface area contributed by atoms with Gasteiger partial charge in [0.25, 0.3) is 0 Å². The summed E-state index contributed by atoms with van der Waals surface area (Å²) in [7, 11) is 3.67. The molecule has 0 amide bonds. The van der Waals surface area contributed by atoms with Crippen LogP contribution in [0.4, 0.5) is 15.8 Å². The number of nitrogens with one attached hydrogen (secondary N) is 1. The van der Waals surface area contributed by atoms with Crippen LogP contribution < -0.4 is 11.2 Å². The van der Waals surface area contributed by atoms with Crippen molar-refractivity contribution in [3.63, 3.8) is 0 Å². The van der Waals surface area contributed by atoms with Gasteiger partial charge in [0.2, 0.25) is 0 Å². The summed E-state index contributed by atoms with van der Waals surface area (Å²) in [5.74, 6) is -0.322. The fourth-order valence-corrected chi connectivity index (χ4v) is 0.876. The molecule has 0 atom stereocenters. The van der Waals surface area contributed by atoms with Gasteiger partial charge in [-0.3, -0.25) is 0 Å². The number of nitrogens with zero attached hydrogens (tertiary/aromatic N) is 1. The molecule has 0 radical (unpaired) electrons. The molecule has 1 rings (SSSR count). The average molecular weight is 169 g/mol. The second-order valence-corrected chi connectivity index (χ2v) is 2.74. The summed E-state index contributed by atoms with van der Waals surface area (Å²) >= 11 is 0. The molecular formula is C8H12FN3. The molecule has 0 aliphatic heterocycles.